The van der Waals surface area contributed by atoms with Crippen LogP contribution in [0, 0.1) is 6.92 Å². The number of hydrazine groups is 1. The van der Waals surface area contributed by atoms with Crippen LogP contribution >= 0.6 is 0 Å². The van der Waals surface area contributed by atoms with Gasteiger partial charge in [0.05, 0.1) is 37.0 Å². The van der Waals surface area contributed by atoms with E-state index < -0.39 is 41.3 Å². The summed E-state index contributed by atoms with van der Waals surface area (Å²) in [6, 6.07) is -0.123. The molecular weight excluding hydrogens is 1340 g/mol. The summed E-state index contributed by atoms with van der Waals surface area (Å²) in [7, 11) is 18.0. The molecule has 598 valence electrons. The van der Waals surface area contributed by atoms with Crippen molar-refractivity contribution in [3.8, 4) is 0 Å². The zero-order valence-electron chi connectivity index (χ0n) is 67.6. The van der Waals surface area contributed by atoms with Crippen molar-refractivity contribution in [3.63, 3.8) is 0 Å². The summed E-state index contributed by atoms with van der Waals surface area (Å²) in [6.07, 6.45) is 7.37. The highest BCUT2D eigenvalue weighted by atomic mass is 32.2. The van der Waals surface area contributed by atoms with Gasteiger partial charge in [-0.2, -0.15) is 21.6 Å². The molecule has 0 saturated heterocycles. The smallest absolute Gasteiger partial charge is 0.385 e. The van der Waals surface area contributed by atoms with Gasteiger partial charge in [0.15, 0.2) is 14.1 Å². The molecule has 0 aliphatic carbocycles. The Labute approximate surface area is 602 Å². The van der Waals surface area contributed by atoms with Crippen molar-refractivity contribution in [3.05, 3.63) is 56.1 Å². The van der Waals surface area contributed by atoms with Crippen LogP contribution in [0.3, 0.4) is 0 Å². The Balaban J connectivity index is -0.000000129. The van der Waals surface area contributed by atoms with Crippen molar-refractivity contribution < 1.29 is 40.7 Å². The largest absolute Gasteiger partial charge is 0.419 e. The predicted molar refractivity (Wildman–Crippen MR) is 411 cm³/mol. The van der Waals surface area contributed by atoms with E-state index in [2.05, 4.69) is 181 Å². The van der Waals surface area contributed by atoms with Crippen LogP contribution in [0.25, 0.3) is 0 Å². The zero-order chi connectivity index (χ0) is 79.7. The molecule has 0 aliphatic heterocycles. The normalized spacial score (nSPS) is 10.9. The van der Waals surface area contributed by atoms with Gasteiger partial charge in [0.2, 0.25) is 0 Å². The third-order valence-electron chi connectivity index (χ3n) is 11.8. The Morgan fingerprint density at radius 1 is 0.640 bits per heavy atom. The summed E-state index contributed by atoms with van der Waals surface area (Å²) in [5, 5.41) is 47.1. The second-order valence-electron chi connectivity index (χ2n) is 21.3. The fourth-order valence-electron chi connectivity index (χ4n) is 5.92. The number of urea groups is 1. The van der Waals surface area contributed by atoms with E-state index in [0.29, 0.717) is 37.6 Å². The number of ether oxygens (including phenoxy) is 2. The molecule has 0 spiro atoms. The lowest BCUT2D eigenvalue weighted by molar-refractivity contribution is -0.199. The Morgan fingerprint density at radius 3 is 1.39 bits per heavy atom. The molecule has 33 nitrogen and oxygen atoms in total. The van der Waals surface area contributed by atoms with Gasteiger partial charge in [0.25, 0.3) is 21.1 Å². The number of rotatable bonds is 30. The summed E-state index contributed by atoms with van der Waals surface area (Å²) in [5.41, 5.74) is 9.22. The monoisotopic (exact) mass is 1490 g/mol. The number of methoxy groups -OCH3 is 2. The minimum atomic E-state index is -4.27. The molecule has 0 aliphatic rings. The molecule has 4 aromatic rings. The Bertz CT molecular complexity index is 2470. The highest BCUT2D eigenvalue weighted by molar-refractivity contribution is 7.87. The first kappa shape index (κ1) is 113. The molecule has 0 fully saturated rings. The van der Waals surface area contributed by atoms with Crippen LogP contribution in [0.1, 0.15) is 147 Å². The SMILES string of the molecule is CCCCNC.CCCCOC.CCNC(=O)NC.CCNC(C)(C)NC.CCNC(C)(NC)C(F)(F)F.CCNNC.CCNOC.CCNS(=O)(=O)NC.CCN[Si](C)(C)NC.CCNc1c(NC)c(=O)c1=O.CCc1cn(C)nn1.CCn1cc(COC)nn1.Cc1cn(C)nn1. The van der Waals surface area contributed by atoms with Gasteiger partial charge in [-0.3, -0.25) is 45.1 Å². The van der Waals surface area contributed by atoms with E-state index in [1.165, 1.54) is 39.8 Å². The van der Waals surface area contributed by atoms with Crippen molar-refractivity contribution in [1.29, 1.82) is 0 Å². The lowest BCUT2D eigenvalue weighted by atomic mass is 10.2. The Kier molecular flexibility index (Phi) is 86.5. The number of amides is 2. The summed E-state index contributed by atoms with van der Waals surface area (Å²) in [6.45, 7) is 44.9. The molecule has 1 atom stereocenters. The van der Waals surface area contributed by atoms with Gasteiger partial charge in [-0.1, -0.05) is 90.8 Å². The van der Waals surface area contributed by atoms with Gasteiger partial charge >= 0.3 is 12.2 Å². The molecule has 0 bridgehead atoms. The van der Waals surface area contributed by atoms with Gasteiger partial charge in [0, 0.05) is 108 Å². The molecule has 1 unspecified atom stereocenters. The zero-order valence-corrected chi connectivity index (χ0v) is 69.4. The van der Waals surface area contributed by atoms with Crippen molar-refractivity contribution in [2.24, 2.45) is 14.1 Å². The molecule has 16 N–H and O–H groups in total. The molecule has 1 aromatic carbocycles. The molecule has 2 amide bonds. The summed E-state index contributed by atoms with van der Waals surface area (Å²) < 4.78 is 76.4. The molecule has 100 heavy (non-hydrogen) atoms. The van der Waals surface area contributed by atoms with E-state index in [1.807, 2.05) is 102 Å². The van der Waals surface area contributed by atoms with Crippen LogP contribution in [0.5, 0.6) is 0 Å². The maximum absolute atomic E-state index is 12.2. The quantitative estimate of drug-likeness (QED) is 0.0114. The fourth-order valence-corrected chi connectivity index (χ4v) is 7.51. The first-order valence-electron chi connectivity index (χ1n) is 34.0. The highest BCUT2D eigenvalue weighted by Crippen LogP contribution is 2.27. The number of carbonyl (C=O) groups excluding carboxylic acids is 1. The third-order valence-corrected chi connectivity index (χ3v) is 15.5. The fraction of sp³-hybridized carbons (Fsp3) is 0.823. The van der Waals surface area contributed by atoms with Crippen molar-refractivity contribution in [1.82, 2.24) is 118 Å². The van der Waals surface area contributed by atoms with E-state index in [1.54, 1.807) is 63.3 Å². The number of anilines is 2. The molecule has 0 radical (unpaired) electrons. The van der Waals surface area contributed by atoms with Crippen LogP contribution in [-0.2, 0) is 58.2 Å². The summed E-state index contributed by atoms with van der Waals surface area (Å²) in [5.74, 6) is 0. The number of halogens is 3. The predicted octanol–water partition coefficient (Wildman–Crippen LogP) is 4.19. The number of nitrogens with zero attached hydrogens (tertiary/aromatic N) is 9. The third kappa shape index (κ3) is 75.4. The van der Waals surface area contributed by atoms with Crippen LogP contribution in [0.2, 0.25) is 13.1 Å². The first-order valence-corrected chi connectivity index (χ1v) is 38.5. The molecule has 3 heterocycles. The second kappa shape index (κ2) is 76.4. The lowest BCUT2D eigenvalue weighted by Gasteiger charge is -2.32. The number of hydroxylamine groups is 1. The van der Waals surface area contributed by atoms with E-state index in [-0.39, 0.29) is 18.2 Å². The van der Waals surface area contributed by atoms with Gasteiger partial charge in [-0.25, -0.2) is 19.7 Å². The minimum absolute atomic E-state index is 0.0920. The van der Waals surface area contributed by atoms with Gasteiger partial charge < -0.3 is 61.5 Å². The maximum atomic E-state index is 12.2. The van der Waals surface area contributed by atoms with Crippen LogP contribution in [0.4, 0.5) is 29.3 Å². The first-order chi connectivity index (χ1) is 46.9. The highest BCUT2D eigenvalue weighted by Gasteiger charge is 2.49. The van der Waals surface area contributed by atoms with E-state index in [9.17, 15) is 36.0 Å². The minimum Gasteiger partial charge on any atom is -0.385 e. The van der Waals surface area contributed by atoms with Crippen LogP contribution in [-0.4, -0.2) is 229 Å². The lowest BCUT2D eigenvalue weighted by Crippen LogP contribution is -2.62. The van der Waals surface area contributed by atoms with Crippen molar-refractivity contribution in [2.75, 3.05) is 154 Å². The number of hydrogen-bond donors (Lipinski definition) is 16. The topological polar surface area (TPSA) is 398 Å². The summed E-state index contributed by atoms with van der Waals surface area (Å²) in [4.78, 5) is 42.9. The number of carbonyl (C=O) groups is 1. The van der Waals surface area contributed by atoms with Gasteiger partial charge in [-0.05, 0) is 142 Å². The Morgan fingerprint density at radius 2 is 1.19 bits per heavy atom. The molecule has 38 heteroatoms. The number of hydrogen-bond acceptors (Lipinski definition) is 26. The number of alkyl halides is 3. The standard InChI is InChI=1S/C7H10N2O2.C6H13F3N2.C6H11N3O.C6H16N2.C5H9N3.C5H16N2Si.C5H13N.C5H12O.C4H7N3.C4H10N2O.C3H10N2O2S.C3H10N2.C3H9NO/c1-3-9-5-4(8-2)6(10)7(5)11;1-4-11-5(2,10-3)6(7,8)9;1-3-9-4-6(5-10-2)7-8-9;1-5-8-6(2,3)7-4;1-3-5-4-8(2)7-6-5;1-5-7-8(3,4)6-2;2*1-3-4-5-6-2;1-4-3-7(2)6-5-4;1-3-6-4(7)5-2;1-3-5-8(6,7)4-2;1-3-5-4-2;1-3-4-5-2/h8-9H,3H2,1-2H3;10-11H,4H2,1-3H3;4H,3,5H2,1-2H3;7-8H,5H2,1-4H3;4H,3H2,1-2H3;6-7H,5H2,1-4H3;6H,3-5H2,1-2H3;3-5H2,1-2H3;3H,1-2H3;3H2,1-2H3,(H2,5,6,7);4-5H,3H2,1-2H3;4-5H,3H2,1-2H3;4H,3H2,1-2H3. The van der Waals surface area contributed by atoms with E-state index >= 15 is 0 Å². The van der Waals surface area contributed by atoms with Gasteiger partial charge in [0.1, 0.15) is 17.1 Å². The molecular formula is C62H146F3N25O8SSi. The molecule has 4 rings (SSSR count). The molecule has 3 aromatic heterocycles. The second-order valence-corrected chi connectivity index (χ2v) is 27.1. The average Bonchev–Trinajstić information content (AvgIpc) is 0.999. The number of aryl methyl sites for hydroxylation is 5. The molecule has 0 saturated carbocycles. The number of nitrogens with one attached hydrogen (secondary N) is 16. The Hall–Kier alpha value is -5.27. The maximum Gasteiger partial charge on any atom is 0.419 e. The van der Waals surface area contributed by atoms with E-state index in [4.69, 9.17) is 9.47 Å². The van der Waals surface area contributed by atoms with Crippen LogP contribution in [0.15, 0.2) is 28.2 Å². The number of aromatic nitrogens is 9. The van der Waals surface area contributed by atoms with E-state index in [0.717, 1.165) is 76.3 Å². The van der Waals surface area contributed by atoms with Crippen LogP contribution < -0.4 is 94.4 Å². The van der Waals surface area contributed by atoms with Crippen molar-refractivity contribution >= 4 is 36.0 Å². The van der Waals surface area contributed by atoms with Crippen molar-refractivity contribution in [2.45, 2.75) is 187 Å². The van der Waals surface area contributed by atoms with Gasteiger partial charge in [-0.15, -0.1) is 15.3 Å². The average molecular weight is 1490 g/mol. The number of unbranched alkanes of at least 4 members (excludes halogenated alkanes) is 2. The summed E-state index contributed by atoms with van der Waals surface area (Å²) >= 11 is 0.